The highest BCUT2D eigenvalue weighted by molar-refractivity contribution is 14.0. The van der Waals surface area contributed by atoms with Crippen LogP contribution in [0.3, 0.4) is 0 Å². The van der Waals surface area contributed by atoms with E-state index in [0.29, 0.717) is 25.6 Å². The lowest BCUT2D eigenvalue weighted by Crippen LogP contribution is -2.49. The zero-order valence-corrected chi connectivity index (χ0v) is 20.0. The molecule has 1 aromatic carbocycles. The van der Waals surface area contributed by atoms with E-state index in [9.17, 15) is 18.5 Å². The summed E-state index contributed by atoms with van der Waals surface area (Å²) in [6, 6.07) is 6.75. The van der Waals surface area contributed by atoms with Crippen LogP contribution < -0.4 is 10.6 Å². The van der Waals surface area contributed by atoms with Crippen molar-refractivity contribution in [2.75, 3.05) is 38.2 Å². The van der Waals surface area contributed by atoms with Gasteiger partial charge in [0, 0.05) is 50.6 Å². The van der Waals surface area contributed by atoms with Crippen LogP contribution in [0.15, 0.2) is 29.3 Å². The van der Waals surface area contributed by atoms with Gasteiger partial charge in [-0.3, -0.25) is 10.1 Å². The van der Waals surface area contributed by atoms with Gasteiger partial charge >= 0.3 is 0 Å². The summed E-state index contributed by atoms with van der Waals surface area (Å²) in [4.78, 5) is 17.2. The van der Waals surface area contributed by atoms with Crippen LogP contribution in [0.25, 0.3) is 0 Å². The van der Waals surface area contributed by atoms with Crippen LogP contribution >= 0.6 is 24.0 Å². The highest BCUT2D eigenvalue weighted by Crippen LogP contribution is 2.14. The van der Waals surface area contributed by atoms with Crippen LogP contribution in [0, 0.1) is 10.1 Å². The van der Waals surface area contributed by atoms with Crippen molar-refractivity contribution in [1.82, 2.24) is 15.5 Å². The molecular weight excluding hydrogens is 509 g/mol. The lowest BCUT2D eigenvalue weighted by molar-refractivity contribution is -0.384. The second kappa shape index (κ2) is 12.3. The third-order valence-corrected chi connectivity index (χ3v) is 5.52. The van der Waals surface area contributed by atoms with Gasteiger partial charge in [0.25, 0.3) is 5.69 Å². The molecule has 0 unspecified atom stereocenters. The molecule has 1 saturated heterocycles. The summed E-state index contributed by atoms with van der Waals surface area (Å²) in [5, 5.41) is 17.5. The van der Waals surface area contributed by atoms with Crippen LogP contribution in [-0.2, 0) is 16.4 Å². The molecule has 11 heteroatoms. The topological polar surface area (TPSA) is 117 Å². The van der Waals surface area contributed by atoms with E-state index in [1.165, 1.54) is 18.4 Å². The molecule has 1 heterocycles. The van der Waals surface area contributed by atoms with Gasteiger partial charge in [-0.15, -0.1) is 24.0 Å². The van der Waals surface area contributed by atoms with Gasteiger partial charge in [-0.2, -0.15) is 0 Å². The number of guanidine groups is 1. The molecule has 2 rings (SSSR count). The smallest absolute Gasteiger partial charge is 0.269 e. The summed E-state index contributed by atoms with van der Waals surface area (Å²) in [6.07, 6.45) is 3.08. The van der Waals surface area contributed by atoms with Crippen molar-refractivity contribution >= 4 is 45.5 Å². The second-order valence-electron chi connectivity index (χ2n) is 7.01. The molecule has 0 aromatic heterocycles. The Morgan fingerprint density at radius 1 is 1.34 bits per heavy atom. The van der Waals surface area contributed by atoms with E-state index in [1.807, 2.05) is 13.0 Å². The molecule has 1 fully saturated rings. The van der Waals surface area contributed by atoms with Gasteiger partial charge in [-0.1, -0.05) is 12.1 Å². The zero-order chi connectivity index (χ0) is 20.6. The summed E-state index contributed by atoms with van der Waals surface area (Å²) in [6.45, 7) is 5.32. The Labute approximate surface area is 189 Å². The average molecular weight is 539 g/mol. The lowest BCUT2D eigenvalue weighted by atomic mass is 10.1. The average Bonchev–Trinajstić information content (AvgIpc) is 2.65. The minimum absolute atomic E-state index is 0. The molecule has 1 aliphatic heterocycles. The summed E-state index contributed by atoms with van der Waals surface area (Å²) < 4.78 is 22.6. The fourth-order valence-corrected chi connectivity index (χ4v) is 3.64. The third-order valence-electron chi connectivity index (χ3n) is 4.59. The largest absolute Gasteiger partial charge is 0.357 e. The first-order valence-corrected chi connectivity index (χ1v) is 11.5. The molecule has 0 saturated carbocycles. The van der Waals surface area contributed by atoms with Gasteiger partial charge in [0.15, 0.2) is 5.96 Å². The molecule has 0 aliphatic carbocycles. The highest BCUT2D eigenvalue weighted by Gasteiger charge is 2.20. The van der Waals surface area contributed by atoms with Gasteiger partial charge < -0.3 is 15.5 Å². The van der Waals surface area contributed by atoms with E-state index >= 15 is 0 Å². The maximum Gasteiger partial charge on any atom is 0.269 e. The number of nitro groups is 1. The summed E-state index contributed by atoms with van der Waals surface area (Å²) in [5.41, 5.74) is 0.842. The number of rotatable bonds is 8. The van der Waals surface area contributed by atoms with Crippen LogP contribution in [-0.4, -0.2) is 68.4 Å². The van der Waals surface area contributed by atoms with Crippen LogP contribution in [0.1, 0.15) is 25.3 Å². The molecule has 0 bridgehead atoms. The number of halogens is 1. The minimum Gasteiger partial charge on any atom is -0.357 e. The van der Waals surface area contributed by atoms with Crippen molar-refractivity contribution in [3.05, 3.63) is 39.9 Å². The first kappa shape index (κ1) is 25.6. The zero-order valence-electron chi connectivity index (χ0n) is 16.8. The molecule has 1 aliphatic rings. The van der Waals surface area contributed by atoms with Crippen molar-refractivity contribution in [3.63, 3.8) is 0 Å². The van der Waals surface area contributed by atoms with E-state index in [2.05, 4.69) is 20.5 Å². The Balaban J connectivity index is 0.00000420. The number of nitrogens with one attached hydrogen (secondary N) is 2. The first-order valence-electron chi connectivity index (χ1n) is 9.45. The number of nitrogens with zero attached hydrogens (tertiary/aromatic N) is 3. The molecule has 2 N–H and O–H groups in total. The van der Waals surface area contributed by atoms with Crippen LogP contribution in [0.4, 0.5) is 5.69 Å². The second-order valence-corrected chi connectivity index (χ2v) is 9.27. The summed E-state index contributed by atoms with van der Waals surface area (Å²) in [7, 11) is -2.93. The van der Waals surface area contributed by atoms with Crippen molar-refractivity contribution < 1.29 is 13.3 Å². The predicted molar refractivity (Wildman–Crippen MR) is 126 cm³/mol. The van der Waals surface area contributed by atoms with E-state index in [1.54, 1.807) is 6.07 Å². The van der Waals surface area contributed by atoms with Crippen molar-refractivity contribution in [3.8, 4) is 0 Å². The fourth-order valence-electron chi connectivity index (χ4n) is 3.05. The number of nitro benzene ring substituents is 1. The van der Waals surface area contributed by atoms with Gasteiger partial charge in [0.1, 0.15) is 9.84 Å². The fraction of sp³-hybridized carbons (Fsp3) is 0.611. The lowest BCUT2D eigenvalue weighted by Gasteiger charge is -2.32. The number of aliphatic imine (C=N–C) groups is 1. The standard InChI is InChI=1S/C18H29N5O4S.HI/c1-3-19-18(20-14-15-5-4-6-17(13-15)23(24)25)21-16-7-9-22(10-8-16)11-12-28(2,26)27;/h4-6,13,16H,3,7-12,14H2,1-2H3,(H2,19,20,21);1H. The summed E-state index contributed by atoms with van der Waals surface area (Å²) in [5.74, 6) is 0.877. The Morgan fingerprint density at radius 3 is 2.62 bits per heavy atom. The number of non-ortho nitro benzene ring substituents is 1. The monoisotopic (exact) mass is 539 g/mol. The Bertz CT molecular complexity index is 795. The first-order chi connectivity index (χ1) is 13.3. The van der Waals surface area contributed by atoms with Crippen LogP contribution in [0.5, 0.6) is 0 Å². The van der Waals surface area contributed by atoms with Crippen LogP contribution in [0.2, 0.25) is 0 Å². The van der Waals surface area contributed by atoms with Gasteiger partial charge in [0.2, 0.25) is 0 Å². The Morgan fingerprint density at radius 2 is 2.03 bits per heavy atom. The predicted octanol–water partition coefficient (Wildman–Crippen LogP) is 1.78. The molecule has 29 heavy (non-hydrogen) atoms. The van der Waals surface area contributed by atoms with Gasteiger partial charge in [-0.05, 0) is 25.3 Å². The van der Waals surface area contributed by atoms with Gasteiger partial charge in [0.05, 0.1) is 17.2 Å². The maximum atomic E-state index is 11.3. The molecule has 164 valence electrons. The minimum atomic E-state index is -2.93. The molecule has 9 nitrogen and oxygen atoms in total. The van der Waals surface area contributed by atoms with E-state index < -0.39 is 14.8 Å². The molecule has 0 radical (unpaired) electrons. The Kier molecular flexibility index (Phi) is 10.8. The van der Waals surface area contributed by atoms with Crippen molar-refractivity contribution in [2.24, 2.45) is 4.99 Å². The Hall–Kier alpha value is -1.47. The molecule has 0 amide bonds. The van der Waals surface area contributed by atoms with E-state index in [0.717, 1.165) is 31.5 Å². The molecule has 1 aromatic rings. The van der Waals surface area contributed by atoms with Gasteiger partial charge in [-0.25, -0.2) is 13.4 Å². The quantitative estimate of drug-likeness (QED) is 0.170. The third kappa shape index (κ3) is 9.72. The van der Waals surface area contributed by atoms with E-state index in [-0.39, 0.29) is 41.5 Å². The van der Waals surface area contributed by atoms with Crippen molar-refractivity contribution in [2.45, 2.75) is 32.4 Å². The van der Waals surface area contributed by atoms with Crippen molar-refractivity contribution in [1.29, 1.82) is 0 Å². The molecular formula is C18H30IN5O4S. The SMILES string of the molecule is CCNC(=NCc1cccc([N+](=O)[O-])c1)NC1CCN(CCS(C)(=O)=O)CC1.I. The van der Waals surface area contributed by atoms with E-state index in [4.69, 9.17) is 0 Å². The number of benzene rings is 1. The summed E-state index contributed by atoms with van der Waals surface area (Å²) >= 11 is 0. The maximum absolute atomic E-state index is 11.3. The number of sulfone groups is 1. The number of hydrogen-bond donors (Lipinski definition) is 2. The number of likely N-dealkylation sites (tertiary alicyclic amines) is 1. The number of piperidine rings is 1. The molecule has 0 spiro atoms. The normalized spacial score (nSPS) is 16.1. The highest BCUT2D eigenvalue weighted by atomic mass is 127. The molecule has 0 atom stereocenters. The number of hydrogen-bond acceptors (Lipinski definition) is 6.